The van der Waals surface area contributed by atoms with Crippen molar-refractivity contribution in [3.05, 3.63) is 12.2 Å². The van der Waals surface area contributed by atoms with Crippen LogP contribution >= 0.6 is 0 Å². The number of carbonyl (C=O) groups is 2. The Morgan fingerprint density at radius 2 is 1.96 bits per heavy atom. The summed E-state index contributed by atoms with van der Waals surface area (Å²) in [6.07, 6.45) is 10.0. The van der Waals surface area contributed by atoms with E-state index in [1.165, 1.54) is 0 Å². The molecule has 2 N–H and O–H groups in total. The first kappa shape index (κ1) is 15.2. The average molecular weight is 317 g/mol. The molecule has 1 heterocycles. The predicted molar refractivity (Wildman–Crippen MR) is 86.6 cm³/mol. The monoisotopic (exact) mass is 317 g/mol. The van der Waals surface area contributed by atoms with E-state index in [0.29, 0.717) is 17.8 Å². The van der Waals surface area contributed by atoms with Gasteiger partial charge in [-0.2, -0.15) is 0 Å². The van der Waals surface area contributed by atoms with Gasteiger partial charge in [0, 0.05) is 11.5 Å². The van der Waals surface area contributed by atoms with Gasteiger partial charge in [0.25, 0.3) is 0 Å². The highest BCUT2D eigenvalue weighted by atomic mass is 16.4. The molecule has 1 aliphatic heterocycles. The third-order valence-electron chi connectivity index (χ3n) is 7.98. The van der Waals surface area contributed by atoms with Crippen molar-refractivity contribution in [2.24, 2.45) is 34.5 Å². The topological polar surface area (TPSA) is 66.4 Å². The Kier molecular flexibility index (Phi) is 3.20. The summed E-state index contributed by atoms with van der Waals surface area (Å²) in [6, 6.07) is 0.252. The van der Waals surface area contributed by atoms with Crippen molar-refractivity contribution >= 4 is 11.9 Å². The van der Waals surface area contributed by atoms with E-state index in [-0.39, 0.29) is 28.7 Å². The normalized spacial score (nSPS) is 51.4. The number of aliphatic carboxylic acids is 1. The lowest BCUT2D eigenvalue weighted by Crippen LogP contribution is -2.59. The van der Waals surface area contributed by atoms with Crippen molar-refractivity contribution in [3.8, 4) is 0 Å². The lowest BCUT2D eigenvalue weighted by atomic mass is 9.48. The number of amides is 1. The van der Waals surface area contributed by atoms with Crippen molar-refractivity contribution in [1.29, 1.82) is 0 Å². The van der Waals surface area contributed by atoms with Gasteiger partial charge >= 0.3 is 5.97 Å². The van der Waals surface area contributed by atoms with Crippen LogP contribution in [0.3, 0.4) is 0 Å². The van der Waals surface area contributed by atoms with Crippen molar-refractivity contribution in [3.63, 3.8) is 0 Å². The van der Waals surface area contributed by atoms with Gasteiger partial charge in [0.15, 0.2) is 0 Å². The Balaban J connectivity index is 1.66. The Hall–Kier alpha value is -1.32. The summed E-state index contributed by atoms with van der Waals surface area (Å²) in [7, 11) is 0. The van der Waals surface area contributed by atoms with Crippen LogP contribution in [-0.4, -0.2) is 23.0 Å². The number of carbonyl (C=O) groups excluding carboxylic acids is 1. The van der Waals surface area contributed by atoms with Crippen LogP contribution in [0.2, 0.25) is 0 Å². The van der Waals surface area contributed by atoms with Gasteiger partial charge in [-0.05, 0) is 67.8 Å². The van der Waals surface area contributed by atoms with Crippen LogP contribution in [0.5, 0.6) is 0 Å². The number of fused-ring (bicyclic) bond motifs is 5. The molecule has 4 aliphatic rings. The summed E-state index contributed by atoms with van der Waals surface area (Å²) in [4.78, 5) is 23.4. The second-order valence-electron chi connectivity index (χ2n) is 8.73. The first-order valence-corrected chi connectivity index (χ1v) is 9.09. The molecule has 2 unspecified atom stereocenters. The summed E-state index contributed by atoms with van der Waals surface area (Å²) in [5.41, 5.74) is 0.0112. The van der Waals surface area contributed by atoms with Gasteiger partial charge in [0.2, 0.25) is 5.91 Å². The molecule has 0 aromatic carbocycles. The summed E-state index contributed by atoms with van der Waals surface area (Å²) >= 11 is 0. The van der Waals surface area contributed by atoms with Crippen molar-refractivity contribution < 1.29 is 14.7 Å². The standard InChI is InChI=1S/C19H27NO3/c1-18-9-7-13-11(12(18)4-5-14(18)17(22)23)3-6-15-19(13,2)10-8-16(21)20-15/h8,10-15H,3-7,9H2,1-2H3,(H,20,21)(H,22,23)/t11-,12-,13+,14?,15?,18-,19+/m0/s1. The van der Waals surface area contributed by atoms with Gasteiger partial charge in [-0.1, -0.05) is 19.9 Å². The molecular formula is C19H27NO3. The minimum atomic E-state index is -0.599. The Labute approximate surface area is 137 Å². The molecule has 4 nitrogen and oxygen atoms in total. The number of hydrogen-bond donors (Lipinski definition) is 2. The van der Waals surface area contributed by atoms with Crippen molar-refractivity contribution in [2.45, 2.75) is 58.4 Å². The zero-order valence-electron chi connectivity index (χ0n) is 14.0. The summed E-state index contributed by atoms with van der Waals surface area (Å²) in [5, 5.41) is 12.8. The highest BCUT2D eigenvalue weighted by Crippen LogP contribution is 2.64. The lowest BCUT2D eigenvalue weighted by molar-refractivity contribution is -0.150. The van der Waals surface area contributed by atoms with Crippen molar-refractivity contribution in [2.75, 3.05) is 0 Å². The van der Waals surface area contributed by atoms with Crippen LogP contribution in [0.15, 0.2) is 12.2 Å². The van der Waals surface area contributed by atoms with Crippen LogP contribution in [-0.2, 0) is 9.59 Å². The first-order chi connectivity index (χ1) is 10.9. The predicted octanol–water partition coefficient (Wildman–Crippen LogP) is 2.98. The number of hydrogen-bond acceptors (Lipinski definition) is 2. The Morgan fingerprint density at radius 3 is 2.70 bits per heavy atom. The van der Waals surface area contributed by atoms with E-state index in [2.05, 4.69) is 25.2 Å². The van der Waals surface area contributed by atoms with Crippen LogP contribution in [0.4, 0.5) is 0 Å². The largest absolute Gasteiger partial charge is 0.481 e. The van der Waals surface area contributed by atoms with Crippen LogP contribution in [0.25, 0.3) is 0 Å². The lowest BCUT2D eigenvalue weighted by Gasteiger charge is -2.58. The zero-order valence-corrected chi connectivity index (χ0v) is 14.0. The zero-order chi connectivity index (χ0) is 16.4. The third kappa shape index (κ3) is 1.96. The molecule has 4 rings (SSSR count). The fraction of sp³-hybridized carbons (Fsp3) is 0.789. The van der Waals surface area contributed by atoms with E-state index in [1.54, 1.807) is 6.08 Å². The smallest absolute Gasteiger partial charge is 0.307 e. The van der Waals surface area contributed by atoms with E-state index in [9.17, 15) is 14.7 Å². The minimum absolute atomic E-state index is 0.0299. The van der Waals surface area contributed by atoms with Gasteiger partial charge in [0.05, 0.1) is 5.92 Å². The van der Waals surface area contributed by atoms with E-state index in [1.807, 2.05) is 0 Å². The molecule has 1 amide bonds. The molecule has 0 bridgehead atoms. The van der Waals surface area contributed by atoms with Crippen LogP contribution in [0, 0.1) is 34.5 Å². The molecule has 3 aliphatic carbocycles. The molecule has 0 aromatic rings. The molecule has 0 spiro atoms. The maximum Gasteiger partial charge on any atom is 0.307 e. The van der Waals surface area contributed by atoms with Gasteiger partial charge in [-0.25, -0.2) is 0 Å². The molecule has 4 heteroatoms. The maximum atomic E-state index is 11.7. The molecule has 0 radical (unpaired) electrons. The summed E-state index contributed by atoms with van der Waals surface area (Å²) < 4.78 is 0. The fourth-order valence-corrected chi connectivity index (χ4v) is 6.74. The van der Waals surface area contributed by atoms with Crippen molar-refractivity contribution in [1.82, 2.24) is 5.32 Å². The molecule has 3 fully saturated rings. The van der Waals surface area contributed by atoms with E-state index < -0.39 is 5.97 Å². The van der Waals surface area contributed by atoms with Crippen LogP contribution < -0.4 is 5.32 Å². The number of rotatable bonds is 1. The summed E-state index contributed by atoms with van der Waals surface area (Å²) in [5.74, 6) is 0.992. The van der Waals surface area contributed by atoms with E-state index in [4.69, 9.17) is 0 Å². The molecular weight excluding hydrogens is 290 g/mol. The molecule has 7 atom stereocenters. The van der Waals surface area contributed by atoms with Gasteiger partial charge in [0.1, 0.15) is 0 Å². The highest BCUT2D eigenvalue weighted by molar-refractivity contribution is 5.89. The molecule has 23 heavy (non-hydrogen) atoms. The second kappa shape index (κ2) is 4.84. The third-order valence-corrected chi connectivity index (χ3v) is 7.98. The van der Waals surface area contributed by atoms with Gasteiger partial charge < -0.3 is 10.4 Å². The summed E-state index contributed by atoms with van der Waals surface area (Å²) in [6.45, 7) is 4.53. The molecule has 0 saturated heterocycles. The Bertz CT molecular complexity index is 585. The fourth-order valence-electron chi connectivity index (χ4n) is 6.74. The SMILES string of the molecule is C[C@]12C=CC(=O)NC1CC[C@@H]1[C@H]2CC[C@]2(C)C(C(=O)O)CC[C@@H]12. The average Bonchev–Trinajstić information content (AvgIpc) is 2.85. The second-order valence-corrected chi connectivity index (χ2v) is 8.73. The highest BCUT2D eigenvalue weighted by Gasteiger charge is 2.60. The van der Waals surface area contributed by atoms with Crippen LogP contribution in [0.1, 0.15) is 52.4 Å². The maximum absolute atomic E-state index is 11.7. The molecule has 0 aromatic heterocycles. The Morgan fingerprint density at radius 1 is 1.17 bits per heavy atom. The minimum Gasteiger partial charge on any atom is -0.481 e. The number of nitrogens with one attached hydrogen (secondary N) is 1. The number of carboxylic acid groups (broad SMARTS) is 1. The first-order valence-electron chi connectivity index (χ1n) is 9.09. The van der Waals surface area contributed by atoms with Gasteiger partial charge in [-0.15, -0.1) is 0 Å². The van der Waals surface area contributed by atoms with Gasteiger partial charge in [-0.3, -0.25) is 9.59 Å². The quantitative estimate of drug-likeness (QED) is 0.781. The van der Waals surface area contributed by atoms with E-state index >= 15 is 0 Å². The molecule has 3 saturated carbocycles. The van der Waals surface area contributed by atoms with E-state index in [0.717, 1.165) is 38.5 Å². The number of carboxylic acids is 1. The molecule has 126 valence electrons.